The Balaban J connectivity index is 0.000000168. The summed E-state index contributed by atoms with van der Waals surface area (Å²) in [4.78, 5) is 34.6. The van der Waals surface area contributed by atoms with Crippen LogP contribution in [-0.4, -0.2) is 122 Å². The molecular formula is C76H72BBrF6N6O14S2. The lowest BCUT2D eigenvalue weighted by Crippen LogP contribution is -2.41. The van der Waals surface area contributed by atoms with Crippen LogP contribution >= 0.6 is 15.9 Å². The van der Waals surface area contributed by atoms with Gasteiger partial charge in [0.1, 0.15) is 68.2 Å². The van der Waals surface area contributed by atoms with Crippen LogP contribution in [0.1, 0.15) is 76.1 Å². The molecule has 5 heterocycles. The molecule has 106 heavy (non-hydrogen) atoms. The number of sulfonamides is 2. The second kappa shape index (κ2) is 29.3. The van der Waals surface area contributed by atoms with Crippen LogP contribution in [0.4, 0.5) is 37.7 Å². The normalized spacial score (nSPS) is 13.7. The average Bonchev–Trinajstić information content (AvgIpc) is 1.53. The van der Waals surface area contributed by atoms with E-state index in [2.05, 4.69) is 36.5 Å². The number of nitrogens with one attached hydrogen (secondary N) is 2. The van der Waals surface area contributed by atoms with Crippen LogP contribution < -0.4 is 34.2 Å². The Morgan fingerprint density at radius 1 is 0.528 bits per heavy atom. The third-order valence-electron chi connectivity index (χ3n) is 17.5. The van der Waals surface area contributed by atoms with E-state index in [0.717, 1.165) is 26.6 Å². The van der Waals surface area contributed by atoms with Gasteiger partial charge in [0, 0.05) is 58.2 Å². The lowest BCUT2D eigenvalue weighted by molar-refractivity contribution is 0.00578. The van der Waals surface area contributed by atoms with Gasteiger partial charge in [-0.1, -0.05) is 24.3 Å². The number of hydrogen-bond donors (Lipinski definition) is 2. The van der Waals surface area contributed by atoms with Crippen molar-refractivity contribution in [3.8, 4) is 68.2 Å². The summed E-state index contributed by atoms with van der Waals surface area (Å²) in [6.07, 6.45) is 1.94. The molecule has 20 nitrogen and oxygen atoms in total. The molecule has 554 valence electrons. The highest BCUT2D eigenvalue weighted by Crippen LogP contribution is 2.46. The van der Waals surface area contributed by atoms with Gasteiger partial charge in [0.05, 0.1) is 84.7 Å². The van der Waals surface area contributed by atoms with Gasteiger partial charge in [-0.25, -0.2) is 53.1 Å². The van der Waals surface area contributed by atoms with Crippen LogP contribution in [0.3, 0.4) is 0 Å². The number of rotatable bonds is 18. The summed E-state index contributed by atoms with van der Waals surface area (Å²) in [6.45, 7) is 12.1. The Kier molecular flexibility index (Phi) is 21.3. The van der Waals surface area contributed by atoms with Crippen LogP contribution in [0.25, 0.3) is 101 Å². The zero-order valence-corrected chi connectivity index (χ0v) is 63.0. The molecular weight excluding hydrogens is 1490 g/mol. The number of ether oxygens (including phenoxy) is 2. The number of oxazole rings is 2. The average molecular weight is 1560 g/mol. The summed E-state index contributed by atoms with van der Waals surface area (Å²) in [7, 11) is -2.53. The molecule has 8 aromatic carbocycles. The van der Waals surface area contributed by atoms with Gasteiger partial charge < -0.3 is 47.1 Å². The van der Waals surface area contributed by atoms with Crippen LogP contribution in [0.2, 0.25) is 0 Å². The van der Waals surface area contributed by atoms with Crippen molar-refractivity contribution in [1.82, 2.24) is 20.6 Å². The highest BCUT2D eigenvalue weighted by atomic mass is 79.9. The van der Waals surface area contributed by atoms with Gasteiger partial charge in [0.15, 0.2) is 22.8 Å². The van der Waals surface area contributed by atoms with Crippen molar-refractivity contribution < 1.29 is 89.2 Å². The minimum Gasteiger partial charge on any atom is -0.496 e. The van der Waals surface area contributed by atoms with Gasteiger partial charge in [0.25, 0.3) is 11.8 Å². The fourth-order valence-electron chi connectivity index (χ4n) is 11.7. The van der Waals surface area contributed by atoms with Crippen molar-refractivity contribution in [2.45, 2.75) is 77.9 Å². The zero-order chi connectivity index (χ0) is 77.1. The predicted molar refractivity (Wildman–Crippen MR) is 399 cm³/mol. The number of para-hydroxylation sites is 2. The SMILES string of the molecule is CNC(=O)c1c(-c2ccc(F)cc2)oc2cc(N(CC(C)(C)F)S(C)(=O)=O)c(-c3ccc(OC)c(-c4nc5c(F)cccc5o4)c3)cc12.CNC(=O)c1c(-c2ccc(F)cc2)oc2cc(N(CC(C)(C)F)S(C)(=O)=O)c(Br)cc12.COc1ccc(B2OC(C)(C)C(C)(C)O2)cc1-c1nc2c(F)cccc2o1. The smallest absolute Gasteiger partial charge is 0.494 e. The van der Waals surface area contributed by atoms with Gasteiger partial charge in [-0.15, -0.1) is 0 Å². The fraction of sp³-hybridized carbons (Fsp3) is 0.263. The molecule has 4 aromatic heterocycles. The molecule has 0 aliphatic carbocycles. The Morgan fingerprint density at radius 2 is 0.934 bits per heavy atom. The summed E-state index contributed by atoms with van der Waals surface area (Å²) in [5.74, 6) is -1.34. The van der Waals surface area contributed by atoms with E-state index in [0.29, 0.717) is 60.1 Å². The van der Waals surface area contributed by atoms with E-state index in [1.54, 1.807) is 61.7 Å². The first-order valence-electron chi connectivity index (χ1n) is 32.7. The second-order valence-corrected chi connectivity index (χ2v) is 31.8. The maximum absolute atomic E-state index is 15.2. The Labute approximate surface area is 615 Å². The lowest BCUT2D eigenvalue weighted by atomic mass is 9.78. The molecule has 2 amide bonds. The number of halogens is 7. The molecule has 0 spiro atoms. The number of aromatic nitrogens is 2. The van der Waals surface area contributed by atoms with Gasteiger partial charge in [-0.3, -0.25) is 18.2 Å². The molecule has 0 radical (unpaired) electrons. The van der Waals surface area contributed by atoms with E-state index in [1.165, 1.54) is 128 Å². The number of furan rings is 2. The number of hydrogen-bond acceptors (Lipinski definition) is 16. The molecule has 12 aromatic rings. The van der Waals surface area contributed by atoms with E-state index < -0.39 is 97.9 Å². The molecule has 13 rings (SSSR count). The lowest BCUT2D eigenvalue weighted by Gasteiger charge is -2.32. The maximum Gasteiger partial charge on any atom is 0.494 e. The molecule has 1 aliphatic rings. The van der Waals surface area contributed by atoms with Crippen LogP contribution in [0, 0.1) is 23.3 Å². The number of amides is 2. The topological polar surface area (TPSA) is 248 Å². The molecule has 1 fully saturated rings. The summed E-state index contributed by atoms with van der Waals surface area (Å²) >= 11 is 3.35. The van der Waals surface area contributed by atoms with E-state index in [9.17, 15) is 48.4 Å². The Hall–Kier alpha value is -10.1. The number of carbonyl (C=O) groups excluding carboxylic acids is 2. The first-order chi connectivity index (χ1) is 49.7. The van der Waals surface area contributed by atoms with Crippen molar-refractivity contribution in [2.24, 2.45) is 0 Å². The first-order valence-corrected chi connectivity index (χ1v) is 37.2. The third-order valence-corrected chi connectivity index (χ3v) is 20.4. The number of anilines is 2. The monoisotopic (exact) mass is 1560 g/mol. The van der Waals surface area contributed by atoms with Crippen molar-refractivity contribution in [3.63, 3.8) is 0 Å². The van der Waals surface area contributed by atoms with Crippen molar-refractivity contribution >= 4 is 116 Å². The van der Waals surface area contributed by atoms with E-state index in [4.69, 9.17) is 36.5 Å². The van der Waals surface area contributed by atoms with Crippen LogP contribution in [0.15, 0.2) is 168 Å². The highest BCUT2D eigenvalue weighted by molar-refractivity contribution is 9.10. The largest absolute Gasteiger partial charge is 0.496 e. The minimum atomic E-state index is -4.10. The van der Waals surface area contributed by atoms with Crippen molar-refractivity contribution in [3.05, 3.63) is 184 Å². The number of fused-ring (bicyclic) bond motifs is 4. The third kappa shape index (κ3) is 16.0. The maximum atomic E-state index is 15.2. The van der Waals surface area contributed by atoms with Crippen molar-refractivity contribution in [2.75, 3.05) is 62.5 Å². The summed E-state index contributed by atoms with van der Waals surface area (Å²) < 4.78 is 186. The van der Waals surface area contributed by atoms with E-state index in [-0.39, 0.29) is 79.1 Å². The Morgan fingerprint density at radius 3 is 1.35 bits per heavy atom. The predicted octanol–water partition coefficient (Wildman–Crippen LogP) is 16.6. The molecule has 1 aliphatic heterocycles. The standard InChI is InChI=1S/C35H30F3N3O6S.C21H21BrF2N2O4S.C20H21BFNO4/c1-35(2,38)18-41(48(5,43)44)26-17-29-23(30(33(42)39-3)32(46-29)19-9-12-21(36)13-10-19)16-22(26)20-11-14-27(45-4)24(15-20)34-40-31-25(37)7-6-8-28(31)47-34;1-21(2,24)11-26(31(4,28)29)16-10-17-14(9-15(16)22)18(20(27)25-3)19(30-17)12-5-7-13(23)8-6-12;1-19(2)20(3,4)27-21(26-19)12-9-10-15(24-5)13(11-12)18-23-17-14(22)7-6-8-16(17)25-18/h6-17H,18H2,1-5H3,(H,39,42);5-10H,11H2,1-4H3,(H,25,27);6-11H,1-5H3. The summed E-state index contributed by atoms with van der Waals surface area (Å²) in [6, 6.07) is 36.1. The molecule has 30 heteroatoms. The molecule has 0 bridgehead atoms. The van der Waals surface area contributed by atoms with Gasteiger partial charge in [0.2, 0.25) is 31.8 Å². The number of carbonyl (C=O) groups is 2. The minimum absolute atomic E-state index is 0.0115. The highest BCUT2D eigenvalue weighted by Gasteiger charge is 2.52. The quantitative estimate of drug-likeness (QED) is 0.0598. The molecule has 1 saturated heterocycles. The number of nitrogens with zero attached hydrogens (tertiary/aromatic N) is 4. The Bertz CT molecular complexity index is 5610. The van der Waals surface area contributed by atoms with E-state index in [1.807, 2.05) is 39.8 Å². The van der Waals surface area contributed by atoms with Gasteiger partial charge in [-0.05, 0) is 192 Å². The second-order valence-electron chi connectivity index (χ2n) is 27.1. The zero-order valence-electron chi connectivity index (χ0n) is 59.8. The molecule has 0 atom stereocenters. The first kappa shape index (κ1) is 77.0. The van der Waals surface area contributed by atoms with E-state index >= 15 is 4.39 Å². The molecule has 0 unspecified atom stereocenters. The fourth-order valence-corrected chi connectivity index (χ4v) is 14.5. The van der Waals surface area contributed by atoms with Crippen LogP contribution in [0.5, 0.6) is 11.5 Å². The summed E-state index contributed by atoms with van der Waals surface area (Å²) in [5.41, 5.74) is 0.338. The number of benzene rings is 8. The molecule has 0 saturated carbocycles. The molecule has 2 N–H and O–H groups in total. The number of alkyl halides is 2. The van der Waals surface area contributed by atoms with Gasteiger partial charge in [-0.2, -0.15) is 0 Å². The van der Waals surface area contributed by atoms with Gasteiger partial charge >= 0.3 is 7.12 Å². The van der Waals surface area contributed by atoms with Crippen molar-refractivity contribution in [1.29, 1.82) is 0 Å². The van der Waals surface area contributed by atoms with Crippen LogP contribution in [-0.2, 0) is 29.4 Å². The number of methoxy groups -OCH3 is 2. The summed E-state index contributed by atoms with van der Waals surface area (Å²) in [5, 5.41) is 5.87.